The Hall–Kier alpha value is -1.09. The molecule has 1 aromatic heterocycles. The van der Waals surface area contributed by atoms with E-state index in [0.717, 1.165) is 24.8 Å². The van der Waals surface area contributed by atoms with E-state index >= 15 is 0 Å². The molecule has 1 unspecified atom stereocenters. The number of pyridine rings is 1. The molecule has 1 fully saturated rings. The monoisotopic (exact) mass is 247 g/mol. The maximum absolute atomic E-state index is 4.43. The SMILES string of the molecule is CCNc1ccc(CN2CCCC(C)CC2)cn1. The van der Waals surface area contributed by atoms with Gasteiger partial charge in [0.15, 0.2) is 0 Å². The van der Waals surface area contributed by atoms with Gasteiger partial charge >= 0.3 is 0 Å². The molecule has 0 aliphatic carbocycles. The Bertz CT molecular complexity index is 347. The molecule has 2 rings (SSSR count). The molecule has 0 amide bonds. The second kappa shape index (κ2) is 6.74. The fourth-order valence-electron chi connectivity index (χ4n) is 2.54. The first-order chi connectivity index (χ1) is 8.78. The molecule has 1 saturated heterocycles. The van der Waals surface area contributed by atoms with Crippen molar-refractivity contribution in [3.05, 3.63) is 23.9 Å². The summed E-state index contributed by atoms with van der Waals surface area (Å²) in [5, 5.41) is 3.23. The lowest BCUT2D eigenvalue weighted by atomic mass is 10.0. The predicted molar refractivity (Wildman–Crippen MR) is 76.7 cm³/mol. The van der Waals surface area contributed by atoms with Crippen LogP contribution < -0.4 is 5.32 Å². The number of nitrogens with zero attached hydrogens (tertiary/aromatic N) is 2. The third-order valence-electron chi connectivity index (χ3n) is 3.70. The summed E-state index contributed by atoms with van der Waals surface area (Å²) in [6.45, 7) is 8.90. The van der Waals surface area contributed by atoms with Gasteiger partial charge in [-0.25, -0.2) is 4.98 Å². The zero-order valence-corrected chi connectivity index (χ0v) is 11.7. The molecule has 1 N–H and O–H groups in total. The molecule has 0 saturated carbocycles. The van der Waals surface area contributed by atoms with Crippen molar-refractivity contribution < 1.29 is 0 Å². The highest BCUT2D eigenvalue weighted by Crippen LogP contribution is 2.18. The number of nitrogens with one attached hydrogen (secondary N) is 1. The average molecular weight is 247 g/mol. The topological polar surface area (TPSA) is 28.2 Å². The van der Waals surface area contributed by atoms with Gasteiger partial charge in [-0.2, -0.15) is 0 Å². The summed E-state index contributed by atoms with van der Waals surface area (Å²) in [6, 6.07) is 4.28. The van der Waals surface area contributed by atoms with Gasteiger partial charge in [0, 0.05) is 19.3 Å². The maximum Gasteiger partial charge on any atom is 0.125 e. The number of anilines is 1. The minimum Gasteiger partial charge on any atom is -0.370 e. The van der Waals surface area contributed by atoms with E-state index in [-0.39, 0.29) is 0 Å². The Morgan fingerprint density at radius 2 is 2.22 bits per heavy atom. The van der Waals surface area contributed by atoms with Gasteiger partial charge < -0.3 is 5.32 Å². The number of rotatable bonds is 4. The van der Waals surface area contributed by atoms with Crippen LogP contribution in [0, 0.1) is 5.92 Å². The molecule has 0 aromatic carbocycles. The molecule has 0 radical (unpaired) electrons. The van der Waals surface area contributed by atoms with Crippen LogP contribution in [0.3, 0.4) is 0 Å². The Kier molecular flexibility index (Phi) is 5.00. The minimum atomic E-state index is 0.893. The summed E-state index contributed by atoms with van der Waals surface area (Å²) < 4.78 is 0. The second-order valence-corrected chi connectivity index (χ2v) is 5.39. The molecule has 0 spiro atoms. The van der Waals surface area contributed by atoms with Gasteiger partial charge in [-0.1, -0.05) is 13.0 Å². The van der Waals surface area contributed by atoms with Crippen LogP contribution in [0.15, 0.2) is 18.3 Å². The van der Waals surface area contributed by atoms with Crippen molar-refractivity contribution in [2.45, 2.75) is 39.7 Å². The first-order valence-corrected chi connectivity index (χ1v) is 7.19. The fraction of sp³-hybridized carbons (Fsp3) is 0.667. The molecule has 1 atom stereocenters. The average Bonchev–Trinajstić information content (AvgIpc) is 2.57. The largest absolute Gasteiger partial charge is 0.370 e. The molecular formula is C15H25N3. The third kappa shape index (κ3) is 3.98. The van der Waals surface area contributed by atoms with Crippen molar-refractivity contribution in [2.75, 3.05) is 25.0 Å². The molecule has 1 aliphatic rings. The molecule has 3 nitrogen and oxygen atoms in total. The molecular weight excluding hydrogens is 222 g/mol. The van der Waals surface area contributed by atoms with Crippen molar-refractivity contribution in [1.82, 2.24) is 9.88 Å². The second-order valence-electron chi connectivity index (χ2n) is 5.39. The van der Waals surface area contributed by atoms with Crippen molar-refractivity contribution in [3.8, 4) is 0 Å². The molecule has 18 heavy (non-hydrogen) atoms. The smallest absolute Gasteiger partial charge is 0.125 e. The highest BCUT2D eigenvalue weighted by Gasteiger charge is 2.13. The van der Waals surface area contributed by atoms with E-state index in [1.807, 2.05) is 6.20 Å². The number of aromatic nitrogens is 1. The predicted octanol–water partition coefficient (Wildman–Crippen LogP) is 3.14. The van der Waals surface area contributed by atoms with Crippen LogP contribution in [-0.2, 0) is 6.54 Å². The van der Waals surface area contributed by atoms with E-state index in [1.54, 1.807) is 0 Å². The quantitative estimate of drug-likeness (QED) is 0.886. The van der Waals surface area contributed by atoms with Crippen LogP contribution in [0.1, 0.15) is 38.7 Å². The lowest BCUT2D eigenvalue weighted by Crippen LogP contribution is -2.24. The van der Waals surface area contributed by atoms with Gasteiger partial charge in [0.05, 0.1) is 0 Å². The normalized spacial score (nSPS) is 21.6. The van der Waals surface area contributed by atoms with Gasteiger partial charge in [-0.05, 0) is 56.8 Å². The lowest BCUT2D eigenvalue weighted by molar-refractivity contribution is 0.273. The molecule has 0 bridgehead atoms. The summed E-state index contributed by atoms with van der Waals surface area (Å²) in [6.07, 6.45) is 6.06. The van der Waals surface area contributed by atoms with Gasteiger partial charge in [0.1, 0.15) is 5.82 Å². The summed E-state index contributed by atoms with van der Waals surface area (Å²) >= 11 is 0. The van der Waals surface area contributed by atoms with Crippen LogP contribution in [-0.4, -0.2) is 29.5 Å². The fourth-order valence-corrected chi connectivity index (χ4v) is 2.54. The van der Waals surface area contributed by atoms with Crippen molar-refractivity contribution in [2.24, 2.45) is 5.92 Å². The molecule has 1 aliphatic heterocycles. The van der Waals surface area contributed by atoms with Gasteiger partial charge in [-0.3, -0.25) is 4.90 Å². The van der Waals surface area contributed by atoms with Crippen LogP contribution in [0.25, 0.3) is 0 Å². The van der Waals surface area contributed by atoms with Gasteiger partial charge in [0.25, 0.3) is 0 Å². The van der Waals surface area contributed by atoms with Gasteiger partial charge in [0.2, 0.25) is 0 Å². The van der Waals surface area contributed by atoms with E-state index in [9.17, 15) is 0 Å². The van der Waals surface area contributed by atoms with E-state index in [0.29, 0.717) is 0 Å². The van der Waals surface area contributed by atoms with Crippen LogP contribution in [0.2, 0.25) is 0 Å². The summed E-state index contributed by atoms with van der Waals surface area (Å²) in [7, 11) is 0. The highest BCUT2D eigenvalue weighted by atomic mass is 15.1. The minimum absolute atomic E-state index is 0.893. The molecule has 1 aromatic rings. The first kappa shape index (κ1) is 13.3. The van der Waals surface area contributed by atoms with Crippen LogP contribution in [0.5, 0.6) is 0 Å². The Morgan fingerprint density at radius 1 is 1.33 bits per heavy atom. The number of likely N-dealkylation sites (tertiary alicyclic amines) is 1. The Morgan fingerprint density at radius 3 is 2.94 bits per heavy atom. The molecule has 3 heteroatoms. The third-order valence-corrected chi connectivity index (χ3v) is 3.70. The summed E-state index contributed by atoms with van der Waals surface area (Å²) in [4.78, 5) is 7.00. The van der Waals surface area contributed by atoms with Crippen molar-refractivity contribution >= 4 is 5.82 Å². The van der Waals surface area contributed by atoms with Crippen molar-refractivity contribution in [3.63, 3.8) is 0 Å². The maximum atomic E-state index is 4.43. The molecule has 2 heterocycles. The lowest BCUT2D eigenvalue weighted by Gasteiger charge is -2.19. The highest BCUT2D eigenvalue weighted by molar-refractivity contribution is 5.35. The standard InChI is InChI=1S/C15H25N3/c1-3-16-15-7-6-14(11-17-15)12-18-9-4-5-13(2)8-10-18/h6-7,11,13H,3-5,8-10,12H2,1-2H3,(H,16,17). The van der Waals surface area contributed by atoms with E-state index in [4.69, 9.17) is 0 Å². The zero-order valence-electron chi connectivity index (χ0n) is 11.7. The van der Waals surface area contributed by atoms with E-state index in [1.165, 1.54) is 37.9 Å². The molecule has 100 valence electrons. The van der Waals surface area contributed by atoms with Crippen LogP contribution >= 0.6 is 0 Å². The Labute approximate surface area is 111 Å². The van der Waals surface area contributed by atoms with Crippen molar-refractivity contribution in [1.29, 1.82) is 0 Å². The summed E-state index contributed by atoms with van der Waals surface area (Å²) in [5.74, 6) is 1.87. The number of hydrogen-bond acceptors (Lipinski definition) is 3. The van der Waals surface area contributed by atoms with E-state index < -0.39 is 0 Å². The summed E-state index contributed by atoms with van der Waals surface area (Å²) in [5.41, 5.74) is 1.33. The van der Waals surface area contributed by atoms with Gasteiger partial charge in [-0.15, -0.1) is 0 Å². The van der Waals surface area contributed by atoms with E-state index in [2.05, 4.69) is 41.2 Å². The first-order valence-electron chi connectivity index (χ1n) is 7.19. The number of hydrogen-bond donors (Lipinski definition) is 1. The Balaban J connectivity index is 1.88. The van der Waals surface area contributed by atoms with Crippen LogP contribution in [0.4, 0.5) is 5.82 Å². The zero-order chi connectivity index (χ0) is 12.8.